The second kappa shape index (κ2) is 4.65. The molecule has 1 aromatic heterocycles. The van der Waals surface area contributed by atoms with Gasteiger partial charge in [-0.3, -0.25) is 9.89 Å². The average Bonchev–Trinajstić information content (AvgIpc) is 2.62. The van der Waals surface area contributed by atoms with Crippen molar-refractivity contribution in [3.63, 3.8) is 0 Å². The highest BCUT2D eigenvalue weighted by molar-refractivity contribution is 5.92. The molecule has 0 radical (unpaired) electrons. The number of hydrogen-bond acceptors (Lipinski definition) is 3. The zero-order valence-electron chi connectivity index (χ0n) is 9.67. The van der Waals surface area contributed by atoms with E-state index in [0.29, 0.717) is 19.0 Å². The number of aryl methyl sites for hydroxylation is 1. The van der Waals surface area contributed by atoms with Gasteiger partial charge in [0.2, 0.25) is 5.91 Å². The van der Waals surface area contributed by atoms with E-state index in [1.165, 1.54) is 0 Å². The molecule has 0 saturated carbocycles. The van der Waals surface area contributed by atoms with Crippen LogP contribution in [0.1, 0.15) is 24.1 Å². The Labute approximate surface area is 94.6 Å². The van der Waals surface area contributed by atoms with Gasteiger partial charge in [-0.15, -0.1) is 0 Å². The summed E-state index contributed by atoms with van der Waals surface area (Å²) in [6.07, 6.45) is 1.60. The number of aromatic nitrogens is 2. The molecule has 1 amide bonds. The summed E-state index contributed by atoms with van der Waals surface area (Å²) in [4.78, 5) is 11.9. The summed E-state index contributed by atoms with van der Waals surface area (Å²) < 4.78 is 5.23. The minimum atomic E-state index is 0.0536. The Kier molecular flexibility index (Phi) is 3.24. The number of rotatable bonds is 2. The van der Waals surface area contributed by atoms with Crippen molar-refractivity contribution in [3.05, 3.63) is 11.3 Å². The fraction of sp³-hybridized carbons (Fsp3) is 0.636. The minimum absolute atomic E-state index is 0.0536. The molecular formula is C11H17N3O2. The van der Waals surface area contributed by atoms with Gasteiger partial charge in [0.05, 0.1) is 0 Å². The molecule has 0 atom stereocenters. The summed E-state index contributed by atoms with van der Waals surface area (Å²) in [6, 6.07) is 0. The van der Waals surface area contributed by atoms with Gasteiger partial charge in [-0.05, 0) is 26.7 Å². The van der Waals surface area contributed by atoms with Gasteiger partial charge in [-0.2, -0.15) is 5.10 Å². The molecule has 0 unspecified atom stereocenters. The maximum Gasteiger partial charge on any atom is 0.228 e. The molecule has 1 aliphatic rings. The van der Waals surface area contributed by atoms with Crippen molar-refractivity contribution in [2.45, 2.75) is 26.7 Å². The maximum atomic E-state index is 11.9. The number of carbonyl (C=O) groups is 1. The highest BCUT2D eigenvalue weighted by Crippen LogP contribution is 2.19. The third-order valence-electron chi connectivity index (χ3n) is 3.09. The van der Waals surface area contributed by atoms with Crippen molar-refractivity contribution in [3.8, 4) is 0 Å². The predicted molar refractivity (Wildman–Crippen MR) is 60.2 cm³/mol. The average molecular weight is 223 g/mol. The van der Waals surface area contributed by atoms with Crippen molar-refractivity contribution in [2.24, 2.45) is 5.92 Å². The second-order valence-corrected chi connectivity index (χ2v) is 4.20. The first-order chi connectivity index (χ1) is 7.68. The largest absolute Gasteiger partial charge is 0.381 e. The molecule has 1 aliphatic heterocycles. The quantitative estimate of drug-likeness (QED) is 0.796. The fourth-order valence-electron chi connectivity index (χ4n) is 1.79. The van der Waals surface area contributed by atoms with Gasteiger partial charge in [-0.1, -0.05) is 0 Å². The Bertz CT molecular complexity index is 381. The molecule has 0 bridgehead atoms. The van der Waals surface area contributed by atoms with Crippen LogP contribution in [0.4, 0.5) is 5.82 Å². The number of aromatic amines is 1. The van der Waals surface area contributed by atoms with Crippen LogP contribution in [0.15, 0.2) is 0 Å². The molecule has 0 aliphatic carbocycles. The Balaban J connectivity index is 1.98. The van der Waals surface area contributed by atoms with Gasteiger partial charge >= 0.3 is 0 Å². The molecule has 5 heteroatoms. The Morgan fingerprint density at radius 3 is 2.69 bits per heavy atom. The number of ether oxygens (including phenoxy) is 1. The lowest BCUT2D eigenvalue weighted by atomic mass is 9.99. The van der Waals surface area contributed by atoms with Crippen LogP contribution in [-0.4, -0.2) is 29.3 Å². The number of nitrogens with zero attached hydrogens (tertiary/aromatic N) is 1. The van der Waals surface area contributed by atoms with Crippen molar-refractivity contribution >= 4 is 11.7 Å². The zero-order valence-corrected chi connectivity index (χ0v) is 9.67. The molecule has 5 nitrogen and oxygen atoms in total. The van der Waals surface area contributed by atoms with E-state index in [-0.39, 0.29) is 11.8 Å². The predicted octanol–water partition coefficient (Wildman–Crippen LogP) is 1.39. The van der Waals surface area contributed by atoms with E-state index in [2.05, 4.69) is 15.5 Å². The molecule has 1 saturated heterocycles. The molecule has 2 N–H and O–H groups in total. The second-order valence-electron chi connectivity index (χ2n) is 4.20. The number of amides is 1. The van der Waals surface area contributed by atoms with Gasteiger partial charge < -0.3 is 10.1 Å². The molecule has 1 aromatic rings. The van der Waals surface area contributed by atoms with Crippen LogP contribution >= 0.6 is 0 Å². The van der Waals surface area contributed by atoms with Gasteiger partial charge in [-0.25, -0.2) is 0 Å². The first-order valence-corrected chi connectivity index (χ1v) is 5.58. The number of H-pyrrole nitrogens is 1. The Morgan fingerprint density at radius 1 is 1.44 bits per heavy atom. The van der Waals surface area contributed by atoms with E-state index in [1.807, 2.05) is 13.8 Å². The topological polar surface area (TPSA) is 67.0 Å². The van der Waals surface area contributed by atoms with E-state index < -0.39 is 0 Å². The minimum Gasteiger partial charge on any atom is -0.381 e. The summed E-state index contributed by atoms with van der Waals surface area (Å²) in [5.74, 6) is 0.761. The third-order valence-corrected chi connectivity index (χ3v) is 3.09. The van der Waals surface area contributed by atoms with E-state index in [9.17, 15) is 4.79 Å². The number of nitrogens with one attached hydrogen (secondary N) is 2. The number of anilines is 1. The summed E-state index contributed by atoms with van der Waals surface area (Å²) in [5, 5.41) is 9.78. The highest BCUT2D eigenvalue weighted by atomic mass is 16.5. The molecule has 0 spiro atoms. The lowest BCUT2D eigenvalue weighted by molar-refractivity contribution is -0.122. The molecule has 1 fully saturated rings. The van der Waals surface area contributed by atoms with E-state index >= 15 is 0 Å². The van der Waals surface area contributed by atoms with Crippen LogP contribution in [-0.2, 0) is 9.53 Å². The number of carbonyl (C=O) groups excluding carboxylic acids is 1. The van der Waals surface area contributed by atoms with Crippen LogP contribution in [0.5, 0.6) is 0 Å². The molecule has 16 heavy (non-hydrogen) atoms. The summed E-state index contributed by atoms with van der Waals surface area (Å²) in [5.41, 5.74) is 1.99. The Morgan fingerprint density at radius 2 is 2.12 bits per heavy atom. The summed E-state index contributed by atoms with van der Waals surface area (Å²) >= 11 is 0. The van der Waals surface area contributed by atoms with Crippen molar-refractivity contribution < 1.29 is 9.53 Å². The Hall–Kier alpha value is -1.36. The van der Waals surface area contributed by atoms with Gasteiger partial charge in [0.25, 0.3) is 0 Å². The number of hydrogen-bond donors (Lipinski definition) is 2. The van der Waals surface area contributed by atoms with Crippen molar-refractivity contribution in [2.75, 3.05) is 18.5 Å². The molecule has 0 aromatic carbocycles. The monoisotopic (exact) mass is 223 g/mol. The molecule has 2 heterocycles. The van der Waals surface area contributed by atoms with E-state index in [1.54, 1.807) is 0 Å². The lowest BCUT2D eigenvalue weighted by Crippen LogP contribution is -2.28. The van der Waals surface area contributed by atoms with Gasteiger partial charge in [0.1, 0.15) is 0 Å². The van der Waals surface area contributed by atoms with Crippen molar-refractivity contribution in [1.82, 2.24) is 10.2 Å². The zero-order chi connectivity index (χ0) is 11.5. The smallest absolute Gasteiger partial charge is 0.228 e. The highest BCUT2D eigenvalue weighted by Gasteiger charge is 2.22. The summed E-state index contributed by atoms with van der Waals surface area (Å²) in [7, 11) is 0. The van der Waals surface area contributed by atoms with Gasteiger partial charge in [0, 0.05) is 30.4 Å². The van der Waals surface area contributed by atoms with Crippen LogP contribution in [0.25, 0.3) is 0 Å². The summed E-state index contributed by atoms with van der Waals surface area (Å²) in [6.45, 7) is 5.23. The lowest BCUT2D eigenvalue weighted by Gasteiger charge is -2.20. The van der Waals surface area contributed by atoms with Crippen LogP contribution in [0, 0.1) is 19.8 Å². The molecular weight excluding hydrogens is 206 g/mol. The first-order valence-electron chi connectivity index (χ1n) is 5.58. The van der Waals surface area contributed by atoms with Crippen LogP contribution in [0.3, 0.4) is 0 Å². The maximum absolute atomic E-state index is 11.9. The van der Waals surface area contributed by atoms with Crippen LogP contribution in [0.2, 0.25) is 0 Å². The fourth-order valence-corrected chi connectivity index (χ4v) is 1.79. The molecule has 2 rings (SSSR count). The van der Waals surface area contributed by atoms with Crippen LogP contribution < -0.4 is 5.32 Å². The normalized spacial score (nSPS) is 17.4. The SMILES string of the molecule is Cc1[nH]nc(NC(=O)C2CCOCC2)c1C. The van der Waals surface area contributed by atoms with E-state index in [0.717, 1.165) is 24.1 Å². The molecule has 88 valence electrons. The first kappa shape index (κ1) is 11.1. The van der Waals surface area contributed by atoms with Gasteiger partial charge in [0.15, 0.2) is 5.82 Å². The third kappa shape index (κ3) is 2.24. The standard InChI is InChI=1S/C11H17N3O2/c1-7-8(2)13-14-10(7)12-11(15)9-3-5-16-6-4-9/h9H,3-6H2,1-2H3,(H2,12,13,14,15). The van der Waals surface area contributed by atoms with E-state index in [4.69, 9.17) is 4.74 Å². The van der Waals surface area contributed by atoms with Crippen molar-refractivity contribution in [1.29, 1.82) is 0 Å².